The number of hydrogen-bond donors (Lipinski definition) is 1. The van der Waals surface area contributed by atoms with Gasteiger partial charge in [-0.3, -0.25) is 4.21 Å². The van der Waals surface area contributed by atoms with Gasteiger partial charge in [-0.1, -0.05) is 32.0 Å². The smallest absolute Gasteiger partial charge is 0.0562 e. The van der Waals surface area contributed by atoms with E-state index in [-0.39, 0.29) is 5.25 Å². The molecule has 82 valence electrons. The molecule has 0 spiro atoms. The lowest BCUT2D eigenvalue weighted by atomic mass is 10.0. The highest BCUT2D eigenvalue weighted by Gasteiger charge is 2.28. The van der Waals surface area contributed by atoms with Gasteiger partial charge >= 0.3 is 0 Å². The zero-order chi connectivity index (χ0) is 10.8. The zero-order valence-electron chi connectivity index (χ0n) is 9.19. The number of nitrogens with one attached hydrogen (secondary N) is 1. The minimum absolute atomic E-state index is 0.254. The van der Waals surface area contributed by atoms with E-state index in [0.717, 1.165) is 17.9 Å². The van der Waals surface area contributed by atoms with E-state index in [1.54, 1.807) is 0 Å². The van der Waals surface area contributed by atoms with Crippen LogP contribution in [0, 0.1) is 0 Å². The van der Waals surface area contributed by atoms with Gasteiger partial charge in [0.05, 0.1) is 10.8 Å². The summed E-state index contributed by atoms with van der Waals surface area (Å²) in [5.74, 6) is 0. The quantitative estimate of drug-likeness (QED) is 0.833. The maximum absolute atomic E-state index is 12.0. The molecule has 3 atom stereocenters. The topological polar surface area (TPSA) is 29.1 Å². The summed E-state index contributed by atoms with van der Waals surface area (Å²) < 4.78 is 12.0. The van der Waals surface area contributed by atoms with Crippen LogP contribution in [0.15, 0.2) is 29.2 Å². The van der Waals surface area contributed by atoms with Crippen LogP contribution in [0.3, 0.4) is 0 Å². The molecule has 0 bridgehead atoms. The van der Waals surface area contributed by atoms with Crippen LogP contribution in [0.2, 0.25) is 0 Å². The Morgan fingerprint density at radius 3 is 2.93 bits per heavy atom. The highest BCUT2D eigenvalue weighted by atomic mass is 32.2. The summed E-state index contributed by atoms with van der Waals surface area (Å²) >= 11 is 0. The summed E-state index contributed by atoms with van der Waals surface area (Å²) in [4.78, 5) is 1.02. The van der Waals surface area contributed by atoms with E-state index in [2.05, 4.69) is 25.2 Å². The molecule has 1 aliphatic rings. The lowest BCUT2D eigenvalue weighted by Crippen LogP contribution is -2.31. The Hall–Kier alpha value is -0.670. The molecule has 15 heavy (non-hydrogen) atoms. The molecule has 1 aromatic carbocycles. The van der Waals surface area contributed by atoms with Gasteiger partial charge in [0.25, 0.3) is 0 Å². The van der Waals surface area contributed by atoms with Crippen LogP contribution in [-0.4, -0.2) is 16.0 Å². The maximum atomic E-state index is 12.0. The largest absolute Gasteiger partial charge is 0.310 e. The van der Waals surface area contributed by atoms with Crippen LogP contribution in [0.5, 0.6) is 0 Å². The second-order valence-electron chi connectivity index (χ2n) is 3.99. The van der Waals surface area contributed by atoms with Crippen molar-refractivity contribution in [2.24, 2.45) is 0 Å². The first-order valence-corrected chi connectivity index (χ1v) is 6.68. The molecule has 0 amide bonds. The molecule has 1 N–H and O–H groups in total. The van der Waals surface area contributed by atoms with Gasteiger partial charge in [0, 0.05) is 16.2 Å². The fraction of sp³-hybridized carbons (Fsp3) is 0.500. The van der Waals surface area contributed by atoms with E-state index in [1.807, 2.05) is 18.2 Å². The minimum atomic E-state index is -0.824. The van der Waals surface area contributed by atoms with Gasteiger partial charge in [-0.15, -0.1) is 0 Å². The van der Waals surface area contributed by atoms with E-state index in [4.69, 9.17) is 0 Å². The molecule has 3 unspecified atom stereocenters. The molecule has 1 aromatic rings. The van der Waals surface area contributed by atoms with Gasteiger partial charge in [-0.25, -0.2) is 0 Å². The van der Waals surface area contributed by atoms with Gasteiger partial charge in [0.15, 0.2) is 0 Å². The molecular formula is C12H17NOS. The van der Waals surface area contributed by atoms with E-state index >= 15 is 0 Å². The van der Waals surface area contributed by atoms with Crippen LogP contribution < -0.4 is 5.32 Å². The second kappa shape index (κ2) is 4.45. The van der Waals surface area contributed by atoms with Gasteiger partial charge in [0.2, 0.25) is 0 Å². The summed E-state index contributed by atoms with van der Waals surface area (Å²) in [5, 5.41) is 3.71. The first kappa shape index (κ1) is 10.8. The van der Waals surface area contributed by atoms with E-state index in [0.29, 0.717) is 6.04 Å². The molecule has 0 fully saturated rings. The van der Waals surface area contributed by atoms with Crippen LogP contribution in [0.1, 0.15) is 31.9 Å². The SMILES string of the molecule is CCNC1CC(C)S(=O)c2ccccc21. The van der Waals surface area contributed by atoms with Crippen molar-refractivity contribution in [2.75, 3.05) is 6.54 Å². The summed E-state index contributed by atoms with van der Waals surface area (Å²) in [6.45, 7) is 5.13. The first-order valence-electron chi connectivity index (χ1n) is 5.47. The molecule has 0 radical (unpaired) electrons. The Morgan fingerprint density at radius 2 is 2.20 bits per heavy atom. The first-order chi connectivity index (χ1) is 7.24. The summed E-state index contributed by atoms with van der Waals surface area (Å²) in [6.07, 6.45) is 0.970. The Bertz CT molecular complexity index is 378. The third-order valence-corrected chi connectivity index (χ3v) is 4.62. The molecule has 1 heterocycles. The Kier molecular flexibility index (Phi) is 3.22. The fourth-order valence-corrected chi connectivity index (χ4v) is 3.61. The maximum Gasteiger partial charge on any atom is 0.0562 e. The lowest BCUT2D eigenvalue weighted by Gasteiger charge is -2.29. The third-order valence-electron chi connectivity index (χ3n) is 2.89. The molecular weight excluding hydrogens is 206 g/mol. The minimum Gasteiger partial charge on any atom is -0.310 e. The van der Waals surface area contributed by atoms with Crippen LogP contribution in [0.4, 0.5) is 0 Å². The molecule has 1 aliphatic heterocycles. The highest BCUT2D eigenvalue weighted by Crippen LogP contribution is 2.33. The predicted molar refractivity (Wildman–Crippen MR) is 63.3 cm³/mol. The van der Waals surface area contributed by atoms with Gasteiger partial charge in [-0.2, -0.15) is 0 Å². The molecule has 3 heteroatoms. The van der Waals surface area contributed by atoms with Crippen molar-refractivity contribution < 1.29 is 4.21 Å². The van der Waals surface area contributed by atoms with E-state index in [9.17, 15) is 4.21 Å². The number of fused-ring (bicyclic) bond motifs is 1. The number of hydrogen-bond acceptors (Lipinski definition) is 2. The standard InChI is InChI=1S/C12H17NOS/c1-3-13-11-8-9(2)15(14)12-7-5-4-6-10(11)12/h4-7,9,11,13H,3,8H2,1-2H3. The third kappa shape index (κ3) is 1.99. The number of benzene rings is 1. The zero-order valence-corrected chi connectivity index (χ0v) is 10.0. The van der Waals surface area contributed by atoms with Crippen LogP contribution in [0.25, 0.3) is 0 Å². The van der Waals surface area contributed by atoms with Crippen molar-refractivity contribution in [1.29, 1.82) is 0 Å². The monoisotopic (exact) mass is 223 g/mol. The molecule has 0 saturated heterocycles. The van der Waals surface area contributed by atoms with Crippen molar-refractivity contribution in [3.05, 3.63) is 29.8 Å². The summed E-state index contributed by atoms with van der Waals surface area (Å²) in [5.41, 5.74) is 1.22. The van der Waals surface area contributed by atoms with Crippen LogP contribution in [-0.2, 0) is 10.8 Å². The van der Waals surface area contributed by atoms with Crippen LogP contribution >= 0.6 is 0 Å². The fourth-order valence-electron chi connectivity index (χ4n) is 2.15. The molecule has 0 aromatic heterocycles. The van der Waals surface area contributed by atoms with Crippen molar-refractivity contribution in [1.82, 2.24) is 5.32 Å². The van der Waals surface area contributed by atoms with Gasteiger partial charge < -0.3 is 5.32 Å². The Balaban J connectivity index is 2.40. The van der Waals surface area contributed by atoms with Gasteiger partial charge in [0.1, 0.15) is 0 Å². The molecule has 2 rings (SSSR count). The number of rotatable bonds is 2. The average molecular weight is 223 g/mol. The average Bonchev–Trinajstić information content (AvgIpc) is 2.26. The highest BCUT2D eigenvalue weighted by molar-refractivity contribution is 7.85. The normalized spacial score (nSPS) is 29.9. The Labute approximate surface area is 93.5 Å². The van der Waals surface area contributed by atoms with Gasteiger partial charge in [-0.05, 0) is 24.6 Å². The van der Waals surface area contributed by atoms with Crippen molar-refractivity contribution in [3.63, 3.8) is 0 Å². The van der Waals surface area contributed by atoms with Crippen molar-refractivity contribution >= 4 is 10.8 Å². The van der Waals surface area contributed by atoms with Crippen molar-refractivity contribution in [2.45, 2.75) is 36.5 Å². The second-order valence-corrected chi connectivity index (χ2v) is 5.83. The Morgan fingerprint density at radius 1 is 1.47 bits per heavy atom. The molecule has 0 saturated carbocycles. The lowest BCUT2D eigenvalue weighted by molar-refractivity contribution is 0.491. The van der Waals surface area contributed by atoms with E-state index in [1.165, 1.54) is 5.56 Å². The predicted octanol–water partition coefficient (Wildman–Crippen LogP) is 2.24. The molecule has 0 aliphatic carbocycles. The molecule has 2 nitrogen and oxygen atoms in total. The summed E-state index contributed by atoms with van der Waals surface area (Å²) in [7, 11) is -0.824. The van der Waals surface area contributed by atoms with Crippen molar-refractivity contribution in [3.8, 4) is 0 Å². The summed E-state index contributed by atoms with van der Waals surface area (Å²) in [6, 6.07) is 8.45. The van der Waals surface area contributed by atoms with E-state index < -0.39 is 10.8 Å².